The molecule has 106 valence electrons. The fraction of sp³-hybridized carbons (Fsp3) is 0. The van der Waals surface area contributed by atoms with Crippen LogP contribution < -0.4 is 0 Å². The molecule has 0 spiro atoms. The lowest BCUT2D eigenvalue weighted by Crippen LogP contribution is -1.88. The Bertz CT molecular complexity index is 677. The lowest BCUT2D eigenvalue weighted by molar-refractivity contribution is -0.110. The van der Waals surface area contributed by atoms with Gasteiger partial charge in [-0.3, -0.25) is 4.79 Å². The van der Waals surface area contributed by atoms with E-state index in [1.54, 1.807) is 36.4 Å². The Labute approximate surface area is 126 Å². The van der Waals surface area contributed by atoms with Crippen LogP contribution >= 0.6 is 11.3 Å². The average Bonchev–Trinajstić information content (AvgIpc) is 2.98. The van der Waals surface area contributed by atoms with Crippen LogP contribution in [0.2, 0.25) is 0 Å². The molecule has 1 heterocycles. The largest absolute Gasteiger partial charge is 0.508 e. The number of aromatic hydroxyl groups is 1. The number of allylic oxidation sites excluding steroid dienone is 3. The molecule has 2 N–H and O–H groups in total. The van der Waals surface area contributed by atoms with Crippen LogP contribution in [-0.4, -0.2) is 16.0 Å². The van der Waals surface area contributed by atoms with Crippen molar-refractivity contribution in [1.82, 2.24) is 0 Å². The molecule has 2 aromatic rings. The van der Waals surface area contributed by atoms with Crippen molar-refractivity contribution in [2.45, 2.75) is 0 Å². The number of carbonyl (C=O) groups is 1. The first-order valence-corrected chi connectivity index (χ1v) is 7.15. The van der Waals surface area contributed by atoms with Crippen molar-refractivity contribution in [3.05, 3.63) is 76.2 Å². The molecule has 0 radical (unpaired) electrons. The third-order valence-electron chi connectivity index (χ3n) is 2.58. The molecule has 0 aliphatic heterocycles. The van der Waals surface area contributed by atoms with Crippen molar-refractivity contribution in [3.63, 3.8) is 0 Å². The maximum absolute atomic E-state index is 11.6. The summed E-state index contributed by atoms with van der Waals surface area (Å²) in [4.78, 5) is 12.6. The molecule has 0 amide bonds. The molecule has 0 aliphatic rings. The van der Waals surface area contributed by atoms with Crippen molar-refractivity contribution in [2.75, 3.05) is 0 Å². The number of thiophene rings is 1. The van der Waals surface area contributed by atoms with Crippen LogP contribution in [-0.2, 0) is 4.79 Å². The quantitative estimate of drug-likeness (QED) is 0.494. The van der Waals surface area contributed by atoms with Crippen molar-refractivity contribution >= 4 is 29.3 Å². The molecule has 0 atom stereocenters. The maximum atomic E-state index is 11.6. The van der Waals surface area contributed by atoms with Crippen LogP contribution in [0.3, 0.4) is 0 Å². The second kappa shape index (κ2) is 7.26. The van der Waals surface area contributed by atoms with E-state index in [-0.39, 0.29) is 17.3 Å². The molecule has 0 saturated carbocycles. The number of aliphatic hydroxyl groups excluding tert-OH is 1. The van der Waals surface area contributed by atoms with Gasteiger partial charge in [0.05, 0.1) is 0 Å². The molecule has 4 heteroatoms. The van der Waals surface area contributed by atoms with Gasteiger partial charge in [-0.15, -0.1) is 11.3 Å². The molecule has 1 aromatic heterocycles. The fourth-order valence-electron chi connectivity index (χ4n) is 1.56. The fourth-order valence-corrected chi connectivity index (χ4v) is 2.18. The predicted octanol–water partition coefficient (Wildman–Crippen LogP) is 4.19. The van der Waals surface area contributed by atoms with E-state index >= 15 is 0 Å². The lowest BCUT2D eigenvalue weighted by atomic mass is 10.2. The monoisotopic (exact) mass is 298 g/mol. The van der Waals surface area contributed by atoms with Gasteiger partial charge in [0.2, 0.25) is 0 Å². The van der Waals surface area contributed by atoms with E-state index in [0.717, 1.165) is 16.5 Å². The van der Waals surface area contributed by atoms with Crippen LogP contribution in [0.1, 0.15) is 10.4 Å². The summed E-state index contributed by atoms with van der Waals surface area (Å²) >= 11 is 1.54. The molecule has 0 bridgehead atoms. The number of ketones is 1. The molecule has 3 nitrogen and oxygen atoms in total. The second-order valence-electron chi connectivity index (χ2n) is 4.25. The zero-order valence-corrected chi connectivity index (χ0v) is 12.0. The van der Waals surface area contributed by atoms with E-state index < -0.39 is 0 Å². The topological polar surface area (TPSA) is 57.5 Å². The highest BCUT2D eigenvalue weighted by atomic mass is 32.1. The van der Waals surface area contributed by atoms with Crippen molar-refractivity contribution in [3.8, 4) is 5.75 Å². The van der Waals surface area contributed by atoms with Crippen LogP contribution in [0.25, 0.3) is 12.2 Å². The highest BCUT2D eigenvalue weighted by Crippen LogP contribution is 2.12. The van der Waals surface area contributed by atoms with Gasteiger partial charge >= 0.3 is 0 Å². The molecule has 0 unspecified atom stereocenters. The summed E-state index contributed by atoms with van der Waals surface area (Å²) in [5.41, 5.74) is 0.814. The zero-order chi connectivity index (χ0) is 15.1. The average molecular weight is 298 g/mol. The number of hydrogen-bond donors (Lipinski definition) is 2. The van der Waals surface area contributed by atoms with Gasteiger partial charge in [-0.2, -0.15) is 0 Å². The van der Waals surface area contributed by atoms with Crippen LogP contribution in [0.4, 0.5) is 0 Å². The number of phenolic OH excluding ortho intramolecular Hbond substituents is 1. The molecular weight excluding hydrogens is 284 g/mol. The Hall–Kier alpha value is -2.59. The van der Waals surface area contributed by atoms with E-state index in [9.17, 15) is 9.90 Å². The molecule has 0 fully saturated rings. The summed E-state index contributed by atoms with van der Waals surface area (Å²) in [6.07, 6.45) is 7.36. The van der Waals surface area contributed by atoms with Crippen molar-refractivity contribution in [1.29, 1.82) is 0 Å². The Morgan fingerprint density at radius 3 is 2.48 bits per heavy atom. The third kappa shape index (κ3) is 5.12. The van der Waals surface area contributed by atoms with E-state index in [1.807, 2.05) is 17.5 Å². The number of phenols is 1. The van der Waals surface area contributed by atoms with E-state index in [4.69, 9.17) is 5.11 Å². The lowest BCUT2D eigenvalue weighted by Gasteiger charge is -1.94. The summed E-state index contributed by atoms with van der Waals surface area (Å²) in [5.74, 6) is -0.221. The summed E-state index contributed by atoms with van der Waals surface area (Å²) in [7, 11) is 0. The van der Waals surface area contributed by atoms with Gasteiger partial charge in [0.25, 0.3) is 0 Å². The molecule has 2 rings (SSSR count). The first kappa shape index (κ1) is 14.8. The Morgan fingerprint density at radius 2 is 1.81 bits per heavy atom. The highest BCUT2D eigenvalue weighted by molar-refractivity contribution is 7.10. The SMILES string of the molecule is O=C(C=C(O)/C=C/c1ccc(O)cc1)/C=C/c1cccs1. The second-order valence-corrected chi connectivity index (χ2v) is 5.22. The summed E-state index contributed by atoms with van der Waals surface area (Å²) in [5, 5.41) is 20.7. The standard InChI is InChI=1S/C17H14O3S/c18-14-6-3-13(4-7-14)5-8-15(19)12-16(20)9-10-17-2-1-11-21-17/h1-12,18-19H/b8-5+,10-9+,15-12?. The number of rotatable bonds is 5. The molecule has 1 aromatic carbocycles. The number of carbonyl (C=O) groups excluding carboxylic acids is 1. The minimum atomic E-state index is -0.281. The van der Waals surface area contributed by atoms with Gasteiger partial charge in [0, 0.05) is 11.0 Å². The number of benzene rings is 1. The first-order valence-electron chi connectivity index (χ1n) is 6.27. The normalized spacial score (nSPS) is 12.3. The van der Waals surface area contributed by atoms with Crippen molar-refractivity contribution in [2.24, 2.45) is 0 Å². The van der Waals surface area contributed by atoms with E-state index in [1.165, 1.54) is 23.5 Å². The molecule has 0 aliphatic carbocycles. The number of aliphatic hydroxyl groups is 1. The minimum Gasteiger partial charge on any atom is -0.508 e. The third-order valence-corrected chi connectivity index (χ3v) is 3.42. The Balaban J connectivity index is 1.97. The zero-order valence-electron chi connectivity index (χ0n) is 11.1. The van der Waals surface area contributed by atoms with Gasteiger partial charge in [0.1, 0.15) is 11.5 Å². The van der Waals surface area contributed by atoms with E-state index in [0.29, 0.717) is 0 Å². The molecule has 21 heavy (non-hydrogen) atoms. The predicted molar refractivity (Wildman–Crippen MR) is 86.2 cm³/mol. The Kier molecular flexibility index (Phi) is 5.12. The first-order chi connectivity index (χ1) is 10.1. The van der Waals surface area contributed by atoms with Gasteiger partial charge in [-0.25, -0.2) is 0 Å². The van der Waals surface area contributed by atoms with Crippen LogP contribution in [0, 0.1) is 0 Å². The van der Waals surface area contributed by atoms with Crippen molar-refractivity contribution < 1.29 is 15.0 Å². The summed E-state index contributed by atoms with van der Waals surface area (Å²) < 4.78 is 0. The Morgan fingerprint density at radius 1 is 1.05 bits per heavy atom. The number of hydrogen-bond acceptors (Lipinski definition) is 4. The molecule has 0 saturated heterocycles. The van der Waals surface area contributed by atoms with Gasteiger partial charge < -0.3 is 10.2 Å². The van der Waals surface area contributed by atoms with Gasteiger partial charge in [0.15, 0.2) is 5.78 Å². The van der Waals surface area contributed by atoms with Crippen LogP contribution in [0.15, 0.2) is 65.8 Å². The highest BCUT2D eigenvalue weighted by Gasteiger charge is 1.95. The maximum Gasteiger partial charge on any atom is 0.182 e. The van der Waals surface area contributed by atoms with Gasteiger partial charge in [-0.1, -0.05) is 24.3 Å². The smallest absolute Gasteiger partial charge is 0.182 e. The van der Waals surface area contributed by atoms with Gasteiger partial charge in [-0.05, 0) is 47.4 Å². The minimum absolute atomic E-state index is 0.121. The summed E-state index contributed by atoms with van der Waals surface area (Å²) in [6.45, 7) is 0. The molecular formula is C17H14O3S. The summed E-state index contributed by atoms with van der Waals surface area (Å²) in [6, 6.07) is 10.3. The van der Waals surface area contributed by atoms with Crippen LogP contribution in [0.5, 0.6) is 5.75 Å². The van der Waals surface area contributed by atoms with E-state index in [2.05, 4.69) is 0 Å².